The Morgan fingerprint density at radius 2 is 2.05 bits per heavy atom. The number of aromatic hydroxyl groups is 2. The average molecular weight is 306 g/mol. The molecule has 0 aliphatic carbocycles. The van der Waals surface area contributed by atoms with Crippen molar-refractivity contribution < 1.29 is 15.0 Å². The summed E-state index contributed by atoms with van der Waals surface area (Å²) in [6, 6.07) is 4.62. The number of hydrogen-bond acceptors (Lipinski definition) is 4. The lowest BCUT2D eigenvalue weighted by Gasteiger charge is -2.22. The minimum Gasteiger partial charge on any atom is -0.504 e. The fraction of sp³-hybridized carbons (Fsp3) is 0.333. The van der Waals surface area contributed by atoms with E-state index >= 15 is 0 Å². The lowest BCUT2D eigenvalue weighted by Crippen LogP contribution is -2.38. The fourth-order valence-corrected chi connectivity index (χ4v) is 2.52. The summed E-state index contributed by atoms with van der Waals surface area (Å²) in [5, 5.41) is 19.8. The first-order valence-corrected chi connectivity index (χ1v) is 7.13. The summed E-state index contributed by atoms with van der Waals surface area (Å²) in [5.41, 5.74) is 0.750. The molecule has 1 unspecified atom stereocenters. The number of phenolic OH excluding ortho intramolecular Hbond substituents is 2. The molecule has 0 radical (unpaired) electrons. The van der Waals surface area contributed by atoms with E-state index in [1.807, 2.05) is 13.8 Å². The van der Waals surface area contributed by atoms with Crippen molar-refractivity contribution >= 4 is 29.3 Å². The Morgan fingerprint density at radius 1 is 1.38 bits per heavy atom. The van der Waals surface area contributed by atoms with Crippen molar-refractivity contribution in [1.29, 1.82) is 0 Å². The SMILES string of the molecule is CCC(C)N1C(=O)/C(=C\c2cccc(O)c2O)N(C)C1=S. The zero-order valence-corrected chi connectivity index (χ0v) is 13.0. The number of carbonyl (C=O) groups is 1. The summed E-state index contributed by atoms with van der Waals surface area (Å²) in [4.78, 5) is 15.7. The molecule has 1 heterocycles. The molecule has 5 nitrogen and oxygen atoms in total. The monoisotopic (exact) mass is 306 g/mol. The highest BCUT2D eigenvalue weighted by atomic mass is 32.1. The second-order valence-electron chi connectivity index (χ2n) is 5.02. The van der Waals surface area contributed by atoms with Crippen LogP contribution >= 0.6 is 12.2 Å². The van der Waals surface area contributed by atoms with Gasteiger partial charge >= 0.3 is 0 Å². The van der Waals surface area contributed by atoms with Crippen molar-refractivity contribution in [3.05, 3.63) is 29.5 Å². The molecule has 0 saturated carbocycles. The quantitative estimate of drug-likeness (QED) is 0.510. The van der Waals surface area contributed by atoms with Crippen molar-refractivity contribution in [2.45, 2.75) is 26.3 Å². The largest absolute Gasteiger partial charge is 0.504 e. The number of rotatable bonds is 3. The van der Waals surface area contributed by atoms with Crippen molar-refractivity contribution in [3.8, 4) is 11.5 Å². The molecule has 1 atom stereocenters. The van der Waals surface area contributed by atoms with Crippen LogP contribution in [0, 0.1) is 0 Å². The molecule has 112 valence electrons. The van der Waals surface area contributed by atoms with Crippen molar-refractivity contribution in [2.75, 3.05) is 7.05 Å². The molecule has 2 rings (SSSR count). The number of carbonyl (C=O) groups excluding carboxylic acids is 1. The number of likely N-dealkylation sites (N-methyl/N-ethyl adjacent to an activating group) is 1. The third kappa shape index (κ3) is 2.58. The van der Waals surface area contributed by atoms with E-state index in [1.165, 1.54) is 12.1 Å². The molecule has 0 spiro atoms. The van der Waals surface area contributed by atoms with Crippen molar-refractivity contribution in [1.82, 2.24) is 9.80 Å². The number of phenols is 2. The summed E-state index contributed by atoms with van der Waals surface area (Å²) in [7, 11) is 1.72. The molecule has 0 aromatic heterocycles. The van der Waals surface area contributed by atoms with E-state index in [0.717, 1.165) is 6.42 Å². The number of benzene rings is 1. The molecule has 1 fully saturated rings. The van der Waals surface area contributed by atoms with Crippen LogP contribution in [0.4, 0.5) is 0 Å². The summed E-state index contributed by atoms with van der Waals surface area (Å²) >= 11 is 5.31. The van der Waals surface area contributed by atoms with Gasteiger partial charge in [0.05, 0.1) is 0 Å². The molecule has 1 saturated heterocycles. The van der Waals surface area contributed by atoms with E-state index in [0.29, 0.717) is 16.4 Å². The van der Waals surface area contributed by atoms with Gasteiger partial charge in [0, 0.05) is 18.7 Å². The minimum absolute atomic E-state index is 0.0103. The number of thiocarbonyl (C=S) groups is 1. The lowest BCUT2D eigenvalue weighted by atomic mass is 10.1. The summed E-state index contributed by atoms with van der Waals surface area (Å²) in [6.45, 7) is 3.93. The van der Waals surface area contributed by atoms with E-state index < -0.39 is 0 Å². The first kappa shape index (κ1) is 15.3. The zero-order chi connectivity index (χ0) is 15.7. The van der Waals surface area contributed by atoms with Crippen LogP contribution in [0.2, 0.25) is 0 Å². The Bertz CT molecular complexity index is 627. The van der Waals surface area contributed by atoms with Crippen LogP contribution in [-0.2, 0) is 4.79 Å². The Labute approximate surface area is 129 Å². The van der Waals surface area contributed by atoms with Crippen LogP contribution in [-0.4, -0.2) is 44.1 Å². The zero-order valence-electron chi connectivity index (χ0n) is 12.2. The van der Waals surface area contributed by atoms with Gasteiger partial charge in [-0.3, -0.25) is 9.69 Å². The summed E-state index contributed by atoms with van der Waals surface area (Å²) in [6.07, 6.45) is 2.33. The molecule has 1 aliphatic heterocycles. The molecule has 1 aromatic rings. The van der Waals surface area contributed by atoms with E-state index in [1.54, 1.807) is 29.0 Å². The smallest absolute Gasteiger partial charge is 0.277 e. The maximum absolute atomic E-state index is 12.5. The highest BCUT2D eigenvalue weighted by Crippen LogP contribution is 2.32. The summed E-state index contributed by atoms with van der Waals surface area (Å²) < 4.78 is 0. The van der Waals surface area contributed by atoms with Crippen LogP contribution < -0.4 is 0 Å². The van der Waals surface area contributed by atoms with Gasteiger partial charge < -0.3 is 15.1 Å². The van der Waals surface area contributed by atoms with E-state index in [9.17, 15) is 15.0 Å². The Kier molecular flexibility index (Phi) is 4.18. The maximum atomic E-state index is 12.5. The minimum atomic E-state index is -0.251. The number of amides is 1. The van der Waals surface area contributed by atoms with Gasteiger partial charge in [0.1, 0.15) is 5.70 Å². The molecule has 1 aromatic carbocycles. The normalized spacial score (nSPS) is 18.7. The van der Waals surface area contributed by atoms with Crippen LogP contribution in [0.25, 0.3) is 6.08 Å². The van der Waals surface area contributed by atoms with Gasteiger partial charge in [-0.25, -0.2) is 0 Å². The van der Waals surface area contributed by atoms with Gasteiger partial charge in [-0.15, -0.1) is 0 Å². The van der Waals surface area contributed by atoms with Gasteiger partial charge in [0.15, 0.2) is 16.6 Å². The first-order chi connectivity index (χ1) is 9.88. The van der Waals surface area contributed by atoms with Crippen LogP contribution in [0.1, 0.15) is 25.8 Å². The van der Waals surface area contributed by atoms with Gasteiger partial charge in [0.2, 0.25) is 0 Å². The van der Waals surface area contributed by atoms with Gasteiger partial charge in [-0.1, -0.05) is 19.1 Å². The molecule has 1 aliphatic rings. The third-order valence-electron chi connectivity index (χ3n) is 3.66. The van der Waals surface area contributed by atoms with Crippen LogP contribution in [0.5, 0.6) is 11.5 Å². The Morgan fingerprint density at radius 3 is 2.67 bits per heavy atom. The van der Waals surface area contributed by atoms with Crippen LogP contribution in [0.15, 0.2) is 23.9 Å². The van der Waals surface area contributed by atoms with E-state index in [4.69, 9.17) is 12.2 Å². The second-order valence-corrected chi connectivity index (χ2v) is 5.38. The molecule has 21 heavy (non-hydrogen) atoms. The van der Waals surface area contributed by atoms with Gasteiger partial charge in [-0.2, -0.15) is 0 Å². The van der Waals surface area contributed by atoms with Crippen LogP contribution in [0.3, 0.4) is 0 Å². The Hall–Kier alpha value is -2.08. The van der Waals surface area contributed by atoms with E-state index in [-0.39, 0.29) is 23.4 Å². The first-order valence-electron chi connectivity index (χ1n) is 6.72. The molecule has 6 heteroatoms. The van der Waals surface area contributed by atoms with Crippen molar-refractivity contribution in [2.24, 2.45) is 0 Å². The fourth-order valence-electron chi connectivity index (χ4n) is 2.16. The standard InChI is InChI=1S/C15H18N2O3S/c1-4-9(2)17-14(20)11(16(3)15(17)21)8-10-6-5-7-12(18)13(10)19/h5-9,18-19H,4H2,1-3H3/b11-8+. The molecule has 1 amide bonds. The Balaban J connectivity index is 2.44. The lowest BCUT2D eigenvalue weighted by molar-refractivity contribution is -0.123. The van der Waals surface area contributed by atoms with Gasteiger partial charge in [-0.05, 0) is 37.7 Å². The third-order valence-corrected chi connectivity index (χ3v) is 4.13. The van der Waals surface area contributed by atoms with Gasteiger partial charge in [0.25, 0.3) is 5.91 Å². The topological polar surface area (TPSA) is 64.0 Å². The number of para-hydroxylation sites is 1. The van der Waals surface area contributed by atoms with E-state index in [2.05, 4.69) is 0 Å². The highest BCUT2D eigenvalue weighted by molar-refractivity contribution is 7.80. The predicted octanol–water partition coefficient (Wildman–Crippen LogP) is 2.30. The highest BCUT2D eigenvalue weighted by Gasteiger charge is 2.38. The molecule has 2 N–H and O–H groups in total. The molecule has 0 bridgehead atoms. The number of hydrogen-bond donors (Lipinski definition) is 2. The average Bonchev–Trinajstić information content (AvgIpc) is 2.67. The predicted molar refractivity (Wildman–Crippen MR) is 84.7 cm³/mol. The molecular weight excluding hydrogens is 288 g/mol. The second kappa shape index (κ2) is 5.73. The maximum Gasteiger partial charge on any atom is 0.277 e. The number of nitrogens with zero attached hydrogens (tertiary/aromatic N) is 2. The summed E-state index contributed by atoms with van der Waals surface area (Å²) in [5.74, 6) is -0.669. The van der Waals surface area contributed by atoms with Crippen molar-refractivity contribution in [3.63, 3.8) is 0 Å². The molecular formula is C15H18N2O3S.